The van der Waals surface area contributed by atoms with Crippen LogP contribution in [0, 0.1) is 5.82 Å². The van der Waals surface area contributed by atoms with E-state index in [4.69, 9.17) is 11.6 Å². The second-order valence-corrected chi connectivity index (χ2v) is 6.82. The van der Waals surface area contributed by atoms with Crippen molar-refractivity contribution in [1.82, 2.24) is 0 Å². The average molecular weight is 314 g/mol. The van der Waals surface area contributed by atoms with Gasteiger partial charge >= 0.3 is 0 Å². The molecule has 0 spiro atoms. The Morgan fingerprint density at radius 1 is 1.20 bits per heavy atom. The van der Waals surface area contributed by atoms with Crippen molar-refractivity contribution < 1.29 is 12.8 Å². The predicted octanol–water partition coefficient (Wildman–Crippen LogP) is 3.49. The number of nitrogens with one attached hydrogen (secondary N) is 1. The summed E-state index contributed by atoms with van der Waals surface area (Å²) in [5.74, 6) is -0.425. The van der Waals surface area contributed by atoms with Crippen LogP contribution >= 0.6 is 11.6 Å². The maximum atomic E-state index is 13.2. The monoisotopic (exact) mass is 313 g/mol. The Hall–Kier alpha value is -1.59. The zero-order valence-electron chi connectivity index (χ0n) is 10.7. The fourth-order valence-corrected chi connectivity index (χ4v) is 2.96. The molecule has 20 heavy (non-hydrogen) atoms. The standard InChI is InChI=1S/C14H13ClFNO2S/c1-20(18,19)14-5-3-2-4-13(14)17-9-10-6-11(15)8-12(16)7-10/h2-8,17H,9H2,1H3. The van der Waals surface area contributed by atoms with E-state index in [0.29, 0.717) is 16.3 Å². The number of rotatable bonds is 4. The predicted molar refractivity (Wildman–Crippen MR) is 78.3 cm³/mol. The lowest BCUT2D eigenvalue weighted by Gasteiger charge is -2.11. The molecule has 6 heteroatoms. The van der Waals surface area contributed by atoms with Gasteiger partial charge in [-0.05, 0) is 35.9 Å². The first-order valence-corrected chi connectivity index (χ1v) is 8.11. The lowest BCUT2D eigenvalue weighted by molar-refractivity contribution is 0.602. The molecule has 0 atom stereocenters. The molecule has 0 aliphatic carbocycles. The van der Waals surface area contributed by atoms with E-state index in [0.717, 1.165) is 6.26 Å². The van der Waals surface area contributed by atoms with Crippen LogP contribution in [0.5, 0.6) is 0 Å². The minimum atomic E-state index is -3.32. The van der Waals surface area contributed by atoms with Gasteiger partial charge in [0.1, 0.15) is 5.82 Å². The molecule has 0 aliphatic rings. The molecule has 2 aromatic rings. The van der Waals surface area contributed by atoms with Gasteiger partial charge in [-0.2, -0.15) is 0 Å². The normalized spacial score (nSPS) is 11.3. The summed E-state index contributed by atoms with van der Waals surface area (Å²) in [6.07, 6.45) is 1.15. The second kappa shape index (κ2) is 5.81. The minimum Gasteiger partial charge on any atom is -0.380 e. The molecule has 0 aromatic heterocycles. The van der Waals surface area contributed by atoms with Crippen LogP contribution in [-0.4, -0.2) is 14.7 Å². The second-order valence-electron chi connectivity index (χ2n) is 4.40. The summed E-state index contributed by atoms with van der Waals surface area (Å²) in [4.78, 5) is 0.211. The Morgan fingerprint density at radius 2 is 1.90 bits per heavy atom. The van der Waals surface area contributed by atoms with E-state index in [1.807, 2.05) is 0 Å². The fourth-order valence-electron chi connectivity index (χ4n) is 1.85. The van der Waals surface area contributed by atoms with Gasteiger partial charge in [0.25, 0.3) is 0 Å². The van der Waals surface area contributed by atoms with Gasteiger partial charge in [0.05, 0.1) is 10.6 Å². The van der Waals surface area contributed by atoms with Crippen molar-refractivity contribution in [1.29, 1.82) is 0 Å². The molecule has 0 fully saturated rings. The maximum Gasteiger partial charge on any atom is 0.177 e. The highest BCUT2D eigenvalue weighted by Gasteiger charge is 2.12. The first-order valence-electron chi connectivity index (χ1n) is 5.84. The zero-order valence-corrected chi connectivity index (χ0v) is 12.3. The van der Waals surface area contributed by atoms with E-state index >= 15 is 0 Å². The van der Waals surface area contributed by atoms with E-state index in [-0.39, 0.29) is 11.4 Å². The summed E-state index contributed by atoms with van der Waals surface area (Å²) < 4.78 is 36.5. The topological polar surface area (TPSA) is 46.2 Å². The summed E-state index contributed by atoms with van der Waals surface area (Å²) in [5, 5.41) is 3.29. The van der Waals surface area contributed by atoms with E-state index < -0.39 is 15.7 Å². The number of hydrogen-bond acceptors (Lipinski definition) is 3. The SMILES string of the molecule is CS(=O)(=O)c1ccccc1NCc1cc(F)cc(Cl)c1. The third-order valence-electron chi connectivity index (χ3n) is 2.69. The Balaban J connectivity index is 2.23. The average Bonchev–Trinajstić information content (AvgIpc) is 2.34. The van der Waals surface area contributed by atoms with Gasteiger partial charge in [-0.15, -0.1) is 0 Å². The third kappa shape index (κ3) is 3.71. The van der Waals surface area contributed by atoms with Crippen molar-refractivity contribution >= 4 is 27.1 Å². The smallest absolute Gasteiger partial charge is 0.177 e. The summed E-state index contributed by atoms with van der Waals surface area (Å²) in [6.45, 7) is 0.282. The minimum absolute atomic E-state index is 0.211. The van der Waals surface area contributed by atoms with Crippen LogP contribution in [0.3, 0.4) is 0 Å². The highest BCUT2D eigenvalue weighted by molar-refractivity contribution is 7.90. The molecule has 0 saturated heterocycles. The Labute approximate surface area is 122 Å². The van der Waals surface area contributed by atoms with Crippen LogP contribution in [0.15, 0.2) is 47.4 Å². The van der Waals surface area contributed by atoms with E-state index in [2.05, 4.69) is 5.32 Å². The highest BCUT2D eigenvalue weighted by atomic mass is 35.5. The molecular weight excluding hydrogens is 301 g/mol. The molecule has 0 radical (unpaired) electrons. The number of halogens is 2. The van der Waals surface area contributed by atoms with Crippen LogP contribution in [0.2, 0.25) is 5.02 Å². The van der Waals surface area contributed by atoms with E-state index in [9.17, 15) is 12.8 Å². The lowest BCUT2D eigenvalue weighted by atomic mass is 10.2. The van der Waals surface area contributed by atoms with Crippen molar-refractivity contribution in [2.45, 2.75) is 11.4 Å². The number of anilines is 1. The molecule has 2 rings (SSSR count). The molecule has 2 aromatic carbocycles. The molecule has 0 aliphatic heterocycles. The number of sulfone groups is 1. The first kappa shape index (κ1) is 14.8. The van der Waals surface area contributed by atoms with Crippen molar-refractivity contribution in [3.05, 3.63) is 58.9 Å². The van der Waals surface area contributed by atoms with Gasteiger partial charge in [-0.3, -0.25) is 0 Å². The van der Waals surface area contributed by atoms with Crippen molar-refractivity contribution in [2.75, 3.05) is 11.6 Å². The van der Waals surface area contributed by atoms with Gasteiger partial charge in [-0.1, -0.05) is 23.7 Å². The van der Waals surface area contributed by atoms with E-state index in [1.54, 1.807) is 24.3 Å². The summed E-state index contributed by atoms with van der Waals surface area (Å²) in [5.41, 5.74) is 1.12. The van der Waals surface area contributed by atoms with Gasteiger partial charge in [0, 0.05) is 17.8 Å². The first-order chi connectivity index (χ1) is 9.36. The van der Waals surface area contributed by atoms with Crippen molar-refractivity contribution in [3.63, 3.8) is 0 Å². The molecule has 0 unspecified atom stereocenters. The zero-order chi connectivity index (χ0) is 14.8. The number of hydrogen-bond donors (Lipinski definition) is 1. The van der Waals surface area contributed by atoms with Crippen molar-refractivity contribution in [3.8, 4) is 0 Å². The molecule has 0 amide bonds. The molecule has 0 heterocycles. The number of para-hydroxylation sites is 1. The van der Waals surface area contributed by atoms with Crippen molar-refractivity contribution in [2.24, 2.45) is 0 Å². The molecular formula is C14H13ClFNO2S. The van der Waals surface area contributed by atoms with Crippen LogP contribution in [0.1, 0.15) is 5.56 Å². The van der Waals surface area contributed by atoms with Crippen LogP contribution < -0.4 is 5.32 Å². The van der Waals surface area contributed by atoms with Crippen LogP contribution in [0.4, 0.5) is 10.1 Å². The Bertz CT molecular complexity index is 711. The summed E-state index contributed by atoms with van der Waals surface area (Å²) in [7, 11) is -3.32. The maximum absolute atomic E-state index is 13.2. The molecule has 0 saturated carbocycles. The third-order valence-corrected chi connectivity index (χ3v) is 4.06. The summed E-state index contributed by atoms with van der Waals surface area (Å²) in [6, 6.07) is 10.8. The van der Waals surface area contributed by atoms with Crippen LogP contribution in [0.25, 0.3) is 0 Å². The Morgan fingerprint density at radius 3 is 2.55 bits per heavy atom. The van der Waals surface area contributed by atoms with E-state index in [1.165, 1.54) is 18.2 Å². The van der Waals surface area contributed by atoms with Crippen LogP contribution in [-0.2, 0) is 16.4 Å². The quantitative estimate of drug-likeness (QED) is 0.939. The van der Waals surface area contributed by atoms with Gasteiger partial charge in [0.15, 0.2) is 9.84 Å². The molecule has 106 valence electrons. The van der Waals surface area contributed by atoms with Gasteiger partial charge in [0.2, 0.25) is 0 Å². The van der Waals surface area contributed by atoms with Gasteiger partial charge < -0.3 is 5.32 Å². The Kier molecular flexibility index (Phi) is 4.30. The molecule has 0 bridgehead atoms. The number of benzene rings is 2. The van der Waals surface area contributed by atoms with Gasteiger partial charge in [-0.25, -0.2) is 12.8 Å². The molecule has 3 nitrogen and oxygen atoms in total. The summed E-state index contributed by atoms with van der Waals surface area (Å²) >= 11 is 5.77. The fraction of sp³-hybridized carbons (Fsp3) is 0.143. The largest absolute Gasteiger partial charge is 0.380 e. The lowest BCUT2D eigenvalue weighted by Crippen LogP contribution is -2.06. The molecule has 1 N–H and O–H groups in total. The highest BCUT2D eigenvalue weighted by Crippen LogP contribution is 2.22.